The van der Waals surface area contributed by atoms with E-state index < -0.39 is 6.04 Å². The van der Waals surface area contributed by atoms with Gasteiger partial charge >= 0.3 is 0 Å². The smallest absolute Gasteiger partial charge is 0.258 e. The van der Waals surface area contributed by atoms with Crippen LogP contribution >= 0.6 is 0 Å². The molecule has 0 spiro atoms. The van der Waals surface area contributed by atoms with E-state index in [-0.39, 0.29) is 12.0 Å². The molecule has 0 saturated carbocycles. The lowest BCUT2D eigenvalue weighted by Gasteiger charge is -2.21. The predicted octanol–water partition coefficient (Wildman–Crippen LogP) is 2.03. The molecule has 1 heterocycles. The van der Waals surface area contributed by atoms with Crippen LogP contribution in [0.1, 0.15) is 38.2 Å². The van der Waals surface area contributed by atoms with Crippen molar-refractivity contribution in [2.24, 2.45) is 5.73 Å². The molecule has 0 aliphatic carbocycles. The molecule has 0 fully saturated rings. The normalized spacial score (nSPS) is 13.5. The van der Waals surface area contributed by atoms with E-state index >= 15 is 0 Å². The number of nitrogens with two attached hydrogens (primary N) is 1. The van der Waals surface area contributed by atoms with Gasteiger partial charge in [-0.05, 0) is 17.0 Å². The van der Waals surface area contributed by atoms with E-state index in [1.165, 1.54) is 0 Å². The molecule has 3 N–H and O–H groups in total. The summed E-state index contributed by atoms with van der Waals surface area (Å²) in [5.41, 5.74) is 7.68. The van der Waals surface area contributed by atoms with Crippen molar-refractivity contribution in [3.05, 3.63) is 35.7 Å². The highest BCUT2D eigenvalue weighted by molar-refractivity contribution is 5.60. The highest BCUT2D eigenvalue weighted by Crippen LogP contribution is 2.32. The third-order valence-electron chi connectivity index (χ3n) is 2.94. The number of hydrogen-bond donors (Lipinski definition) is 2. The Hall–Kier alpha value is -1.72. The molecular formula is C14H19N3O2. The number of aliphatic hydroxyl groups is 1. The largest absolute Gasteiger partial charge is 0.394 e. The van der Waals surface area contributed by atoms with Gasteiger partial charge in [0, 0.05) is 5.56 Å². The number of hydrogen-bond acceptors (Lipinski definition) is 5. The standard InChI is InChI=1S/C14H19N3O2/c1-14(2,3)10-7-5-4-6-9(10)13-16-12(17-19-13)11(15)8-18/h4-7,11,18H,8,15H2,1-3H3. The van der Waals surface area contributed by atoms with Crippen LogP contribution < -0.4 is 5.73 Å². The van der Waals surface area contributed by atoms with Crippen molar-refractivity contribution in [1.82, 2.24) is 10.1 Å². The molecule has 5 nitrogen and oxygen atoms in total. The maximum Gasteiger partial charge on any atom is 0.258 e. The summed E-state index contributed by atoms with van der Waals surface area (Å²) in [4.78, 5) is 4.26. The molecule has 1 aromatic carbocycles. The predicted molar refractivity (Wildman–Crippen MR) is 72.4 cm³/mol. The van der Waals surface area contributed by atoms with Crippen molar-refractivity contribution in [2.45, 2.75) is 32.2 Å². The first-order valence-corrected chi connectivity index (χ1v) is 6.23. The molecular weight excluding hydrogens is 242 g/mol. The van der Waals surface area contributed by atoms with Crippen LogP contribution in [0.25, 0.3) is 11.5 Å². The highest BCUT2D eigenvalue weighted by atomic mass is 16.5. The van der Waals surface area contributed by atoms with Crippen molar-refractivity contribution < 1.29 is 9.63 Å². The lowest BCUT2D eigenvalue weighted by Crippen LogP contribution is -2.16. The topological polar surface area (TPSA) is 85.2 Å². The second-order valence-corrected chi connectivity index (χ2v) is 5.54. The molecule has 1 atom stereocenters. The molecule has 102 valence electrons. The molecule has 0 aliphatic heterocycles. The molecule has 2 aromatic rings. The Bertz CT molecular complexity index is 558. The Balaban J connectivity index is 2.45. The maximum absolute atomic E-state index is 9.01. The van der Waals surface area contributed by atoms with Gasteiger partial charge in [-0.3, -0.25) is 0 Å². The average molecular weight is 261 g/mol. The number of aliphatic hydroxyl groups excluding tert-OH is 1. The lowest BCUT2D eigenvalue weighted by atomic mass is 9.84. The van der Waals surface area contributed by atoms with Crippen LogP contribution in [0.3, 0.4) is 0 Å². The molecule has 2 rings (SSSR count). The van der Waals surface area contributed by atoms with Crippen molar-refractivity contribution >= 4 is 0 Å². The van der Waals surface area contributed by atoms with E-state index in [4.69, 9.17) is 15.4 Å². The highest BCUT2D eigenvalue weighted by Gasteiger charge is 2.22. The van der Waals surface area contributed by atoms with Crippen LogP contribution in [0.2, 0.25) is 0 Å². The fourth-order valence-electron chi connectivity index (χ4n) is 1.90. The van der Waals surface area contributed by atoms with Gasteiger partial charge in [-0.2, -0.15) is 4.98 Å². The Kier molecular flexibility index (Phi) is 3.68. The summed E-state index contributed by atoms with van der Waals surface area (Å²) in [6.45, 7) is 6.17. The van der Waals surface area contributed by atoms with Crippen LogP contribution in [0.15, 0.2) is 28.8 Å². The van der Waals surface area contributed by atoms with Gasteiger partial charge in [0.15, 0.2) is 5.82 Å². The Morgan fingerprint density at radius 2 is 2.00 bits per heavy atom. The molecule has 0 amide bonds. The van der Waals surface area contributed by atoms with Crippen molar-refractivity contribution in [3.8, 4) is 11.5 Å². The SMILES string of the molecule is CC(C)(C)c1ccccc1-c1nc(C(N)CO)no1. The second kappa shape index (κ2) is 5.11. The first-order valence-electron chi connectivity index (χ1n) is 6.23. The fourth-order valence-corrected chi connectivity index (χ4v) is 1.90. The number of benzene rings is 1. The van der Waals surface area contributed by atoms with Crippen molar-refractivity contribution in [3.63, 3.8) is 0 Å². The molecule has 0 bridgehead atoms. The summed E-state index contributed by atoms with van der Waals surface area (Å²) in [6, 6.07) is 7.30. The third-order valence-corrected chi connectivity index (χ3v) is 2.94. The molecule has 0 saturated heterocycles. The van der Waals surface area contributed by atoms with Crippen LogP contribution in [-0.4, -0.2) is 21.9 Å². The molecule has 5 heteroatoms. The van der Waals surface area contributed by atoms with Crippen molar-refractivity contribution in [1.29, 1.82) is 0 Å². The molecule has 19 heavy (non-hydrogen) atoms. The minimum Gasteiger partial charge on any atom is -0.394 e. The van der Waals surface area contributed by atoms with E-state index in [1.54, 1.807) is 0 Å². The zero-order chi connectivity index (χ0) is 14.0. The van der Waals surface area contributed by atoms with E-state index in [1.807, 2.05) is 24.3 Å². The Labute approximate surface area is 112 Å². The summed E-state index contributed by atoms with van der Waals surface area (Å²) in [5.74, 6) is 0.755. The van der Waals surface area contributed by atoms with Gasteiger partial charge in [-0.25, -0.2) is 0 Å². The van der Waals surface area contributed by atoms with Crippen LogP contribution in [-0.2, 0) is 5.41 Å². The first kappa shape index (κ1) is 13.7. The Morgan fingerprint density at radius 3 is 2.63 bits per heavy atom. The van der Waals surface area contributed by atoms with Gasteiger partial charge in [-0.15, -0.1) is 0 Å². The van der Waals surface area contributed by atoms with E-state index in [9.17, 15) is 0 Å². The molecule has 1 unspecified atom stereocenters. The number of aromatic nitrogens is 2. The number of nitrogens with zero attached hydrogens (tertiary/aromatic N) is 2. The summed E-state index contributed by atoms with van der Waals surface area (Å²) >= 11 is 0. The van der Waals surface area contributed by atoms with E-state index in [2.05, 4.69) is 30.9 Å². The van der Waals surface area contributed by atoms with Gasteiger partial charge in [0.05, 0.1) is 12.6 Å². The molecule has 0 radical (unpaired) electrons. The van der Waals surface area contributed by atoms with Gasteiger partial charge < -0.3 is 15.4 Å². The molecule has 1 aromatic heterocycles. The van der Waals surface area contributed by atoms with Crippen molar-refractivity contribution in [2.75, 3.05) is 6.61 Å². The van der Waals surface area contributed by atoms with Crippen LogP contribution in [0.4, 0.5) is 0 Å². The van der Waals surface area contributed by atoms with Crippen LogP contribution in [0.5, 0.6) is 0 Å². The summed E-state index contributed by atoms with van der Waals surface area (Å²) < 4.78 is 5.26. The summed E-state index contributed by atoms with van der Waals surface area (Å²) in [5, 5.41) is 12.8. The second-order valence-electron chi connectivity index (χ2n) is 5.54. The van der Waals surface area contributed by atoms with E-state index in [0.29, 0.717) is 11.7 Å². The zero-order valence-corrected chi connectivity index (χ0v) is 11.4. The summed E-state index contributed by atoms with van der Waals surface area (Å²) in [6.07, 6.45) is 0. The Morgan fingerprint density at radius 1 is 1.32 bits per heavy atom. The first-order chi connectivity index (χ1) is 8.93. The lowest BCUT2D eigenvalue weighted by molar-refractivity contribution is 0.260. The third kappa shape index (κ3) is 2.83. The zero-order valence-electron chi connectivity index (χ0n) is 11.4. The molecule has 0 aliphatic rings. The van der Waals surface area contributed by atoms with Gasteiger partial charge in [0.25, 0.3) is 5.89 Å². The maximum atomic E-state index is 9.01. The van der Waals surface area contributed by atoms with Crippen LogP contribution in [0, 0.1) is 0 Å². The van der Waals surface area contributed by atoms with Gasteiger partial charge in [0.1, 0.15) is 0 Å². The fraction of sp³-hybridized carbons (Fsp3) is 0.429. The minimum atomic E-state index is -0.612. The number of rotatable bonds is 3. The van der Waals surface area contributed by atoms with Gasteiger partial charge in [-0.1, -0.05) is 44.1 Å². The quantitative estimate of drug-likeness (QED) is 0.883. The monoisotopic (exact) mass is 261 g/mol. The minimum absolute atomic E-state index is 0.0235. The summed E-state index contributed by atoms with van der Waals surface area (Å²) in [7, 11) is 0. The van der Waals surface area contributed by atoms with E-state index in [0.717, 1.165) is 11.1 Å². The average Bonchev–Trinajstić information content (AvgIpc) is 2.86. The van der Waals surface area contributed by atoms with Gasteiger partial charge in [0.2, 0.25) is 0 Å².